The smallest absolute Gasteiger partial charge is 0.349 e. The highest BCUT2D eigenvalue weighted by molar-refractivity contribution is 9.11. The van der Waals surface area contributed by atoms with E-state index in [-0.39, 0.29) is 5.89 Å². The lowest BCUT2D eigenvalue weighted by Crippen LogP contribution is -2.03. The maximum absolute atomic E-state index is 12.2. The zero-order valence-corrected chi connectivity index (χ0v) is 14.1. The number of para-hydroxylation sites is 2. The van der Waals surface area contributed by atoms with Gasteiger partial charge in [-0.2, -0.15) is 0 Å². The van der Waals surface area contributed by atoms with Crippen LogP contribution in [0.4, 0.5) is 0 Å². The van der Waals surface area contributed by atoms with Gasteiger partial charge in [0.25, 0.3) is 0 Å². The van der Waals surface area contributed by atoms with Crippen LogP contribution in [0.1, 0.15) is 0 Å². The van der Waals surface area contributed by atoms with Crippen molar-refractivity contribution in [2.24, 2.45) is 0 Å². The summed E-state index contributed by atoms with van der Waals surface area (Å²) < 4.78 is 12.6. The van der Waals surface area contributed by atoms with Crippen LogP contribution in [-0.4, -0.2) is 4.98 Å². The maximum atomic E-state index is 12.2. The van der Waals surface area contributed by atoms with Gasteiger partial charge in [-0.1, -0.05) is 28.1 Å². The zero-order chi connectivity index (χ0) is 15.3. The van der Waals surface area contributed by atoms with Crippen LogP contribution in [-0.2, 0) is 0 Å². The number of oxazole rings is 1. The standard InChI is InChI=1S/C16H7Br2NO3/c17-9-5-8-6-10(16(20)22-14(8)11(18)7-9)15-19-12-3-1-2-4-13(12)21-15/h1-7H. The third-order valence-corrected chi connectivity index (χ3v) is 4.32. The minimum atomic E-state index is -0.484. The zero-order valence-electron chi connectivity index (χ0n) is 11.0. The van der Waals surface area contributed by atoms with E-state index in [1.165, 1.54) is 0 Å². The first-order valence-corrected chi connectivity index (χ1v) is 7.99. The van der Waals surface area contributed by atoms with Crippen LogP contribution in [0.5, 0.6) is 0 Å². The molecule has 4 nitrogen and oxygen atoms in total. The molecule has 2 heterocycles. The molecule has 0 amide bonds. The van der Waals surface area contributed by atoms with Crippen molar-refractivity contribution in [2.75, 3.05) is 0 Å². The molecule has 4 aromatic rings. The molecule has 22 heavy (non-hydrogen) atoms. The number of hydrogen-bond acceptors (Lipinski definition) is 4. The number of halogens is 2. The predicted molar refractivity (Wildman–Crippen MR) is 90.9 cm³/mol. The molecule has 0 aliphatic heterocycles. The van der Waals surface area contributed by atoms with Crippen molar-refractivity contribution < 1.29 is 8.83 Å². The molecule has 2 aromatic carbocycles. The van der Waals surface area contributed by atoms with Gasteiger partial charge in [0.15, 0.2) is 11.2 Å². The summed E-state index contributed by atoms with van der Waals surface area (Å²) in [6.45, 7) is 0. The Kier molecular flexibility index (Phi) is 3.16. The van der Waals surface area contributed by atoms with Crippen molar-refractivity contribution in [2.45, 2.75) is 0 Å². The van der Waals surface area contributed by atoms with E-state index in [4.69, 9.17) is 8.83 Å². The summed E-state index contributed by atoms with van der Waals surface area (Å²) in [5.41, 5.74) is 1.64. The van der Waals surface area contributed by atoms with Gasteiger partial charge in [0.1, 0.15) is 11.1 Å². The predicted octanol–water partition coefficient (Wildman–Crippen LogP) is 5.13. The van der Waals surface area contributed by atoms with Crippen LogP contribution in [0.25, 0.3) is 33.5 Å². The molecule has 0 aliphatic rings. The molecule has 0 aliphatic carbocycles. The van der Waals surface area contributed by atoms with Crippen LogP contribution in [0.2, 0.25) is 0 Å². The van der Waals surface area contributed by atoms with Gasteiger partial charge in [-0.15, -0.1) is 0 Å². The Balaban J connectivity index is 2.02. The summed E-state index contributed by atoms with van der Waals surface area (Å²) in [6.07, 6.45) is 0. The Morgan fingerprint density at radius 1 is 1.00 bits per heavy atom. The Hall–Kier alpha value is -1.92. The lowest BCUT2D eigenvalue weighted by atomic mass is 10.2. The second-order valence-corrected chi connectivity index (χ2v) is 6.51. The minimum absolute atomic E-state index is 0.257. The van der Waals surface area contributed by atoms with Crippen molar-refractivity contribution in [3.05, 3.63) is 61.8 Å². The molecule has 4 rings (SSSR count). The first-order valence-electron chi connectivity index (χ1n) is 6.41. The summed E-state index contributed by atoms with van der Waals surface area (Å²) in [6, 6.07) is 12.8. The highest BCUT2D eigenvalue weighted by Crippen LogP contribution is 2.30. The van der Waals surface area contributed by atoms with E-state index in [0.29, 0.717) is 26.7 Å². The summed E-state index contributed by atoms with van der Waals surface area (Å²) >= 11 is 6.81. The number of benzene rings is 2. The van der Waals surface area contributed by atoms with Crippen molar-refractivity contribution >= 4 is 53.9 Å². The molecule has 0 radical (unpaired) electrons. The molecule has 0 unspecified atom stereocenters. The summed E-state index contributed by atoms with van der Waals surface area (Å²) in [7, 11) is 0. The van der Waals surface area contributed by atoms with Crippen LogP contribution < -0.4 is 5.63 Å². The number of rotatable bonds is 1. The van der Waals surface area contributed by atoms with Crippen LogP contribution in [0.15, 0.2) is 65.0 Å². The van der Waals surface area contributed by atoms with Gasteiger partial charge in [0, 0.05) is 9.86 Å². The quantitative estimate of drug-likeness (QED) is 0.400. The molecule has 0 N–H and O–H groups in total. The summed E-state index contributed by atoms with van der Waals surface area (Å²) in [5, 5.41) is 0.776. The Morgan fingerprint density at radius 3 is 2.64 bits per heavy atom. The second kappa shape index (κ2) is 5.07. The summed E-state index contributed by atoms with van der Waals surface area (Å²) in [5.74, 6) is 0.257. The fraction of sp³-hybridized carbons (Fsp3) is 0. The van der Waals surface area contributed by atoms with E-state index >= 15 is 0 Å². The largest absolute Gasteiger partial charge is 0.436 e. The van der Waals surface area contributed by atoms with Gasteiger partial charge in [0.2, 0.25) is 5.89 Å². The van der Waals surface area contributed by atoms with E-state index in [0.717, 1.165) is 9.86 Å². The van der Waals surface area contributed by atoms with E-state index in [1.54, 1.807) is 6.07 Å². The first kappa shape index (κ1) is 13.7. The number of nitrogens with zero attached hydrogens (tertiary/aromatic N) is 1. The van der Waals surface area contributed by atoms with E-state index in [1.807, 2.05) is 36.4 Å². The monoisotopic (exact) mass is 419 g/mol. The molecule has 0 fully saturated rings. The SMILES string of the molecule is O=c1oc2c(Br)cc(Br)cc2cc1-c1nc2ccccc2o1. The minimum Gasteiger partial charge on any atom is -0.436 e. The highest BCUT2D eigenvalue weighted by atomic mass is 79.9. The maximum Gasteiger partial charge on any atom is 0.349 e. The normalized spacial score (nSPS) is 11.4. The molecular weight excluding hydrogens is 414 g/mol. The molecule has 0 saturated heterocycles. The van der Waals surface area contributed by atoms with E-state index < -0.39 is 5.63 Å². The fourth-order valence-corrected chi connectivity index (χ4v) is 3.63. The van der Waals surface area contributed by atoms with Gasteiger partial charge < -0.3 is 8.83 Å². The Labute approximate surface area is 141 Å². The van der Waals surface area contributed by atoms with Crippen molar-refractivity contribution in [1.82, 2.24) is 4.98 Å². The lowest BCUT2D eigenvalue weighted by Gasteiger charge is -2.02. The van der Waals surface area contributed by atoms with E-state index in [9.17, 15) is 4.79 Å². The second-order valence-electron chi connectivity index (χ2n) is 4.74. The Morgan fingerprint density at radius 2 is 1.82 bits per heavy atom. The first-order chi connectivity index (χ1) is 10.6. The van der Waals surface area contributed by atoms with Gasteiger partial charge in [-0.05, 0) is 46.3 Å². The van der Waals surface area contributed by atoms with Gasteiger partial charge >= 0.3 is 5.63 Å². The topological polar surface area (TPSA) is 56.2 Å². The molecule has 2 aromatic heterocycles. The molecule has 0 spiro atoms. The van der Waals surface area contributed by atoms with Crippen LogP contribution in [0, 0.1) is 0 Å². The van der Waals surface area contributed by atoms with Crippen molar-refractivity contribution in [1.29, 1.82) is 0 Å². The third kappa shape index (κ3) is 2.19. The number of hydrogen-bond donors (Lipinski definition) is 0. The van der Waals surface area contributed by atoms with Crippen molar-refractivity contribution in [3.8, 4) is 11.5 Å². The molecule has 0 saturated carbocycles. The van der Waals surface area contributed by atoms with Gasteiger partial charge in [-0.25, -0.2) is 9.78 Å². The average Bonchev–Trinajstić information content (AvgIpc) is 2.91. The number of fused-ring (bicyclic) bond motifs is 2. The fourth-order valence-electron chi connectivity index (χ4n) is 2.29. The van der Waals surface area contributed by atoms with Crippen LogP contribution >= 0.6 is 31.9 Å². The average molecular weight is 421 g/mol. The molecule has 6 heteroatoms. The van der Waals surface area contributed by atoms with Crippen LogP contribution in [0.3, 0.4) is 0 Å². The molecule has 0 bridgehead atoms. The van der Waals surface area contributed by atoms with Gasteiger partial charge in [-0.3, -0.25) is 0 Å². The number of aromatic nitrogens is 1. The summed E-state index contributed by atoms with van der Waals surface area (Å²) in [4.78, 5) is 16.6. The molecule has 0 atom stereocenters. The highest BCUT2D eigenvalue weighted by Gasteiger charge is 2.15. The lowest BCUT2D eigenvalue weighted by molar-refractivity contribution is 0.552. The third-order valence-electron chi connectivity index (χ3n) is 3.28. The van der Waals surface area contributed by atoms with Gasteiger partial charge in [0.05, 0.1) is 4.47 Å². The molecule has 108 valence electrons. The van der Waals surface area contributed by atoms with E-state index in [2.05, 4.69) is 36.8 Å². The van der Waals surface area contributed by atoms with Crippen molar-refractivity contribution in [3.63, 3.8) is 0 Å². The Bertz CT molecular complexity index is 1050. The molecular formula is C16H7Br2NO3.